The van der Waals surface area contributed by atoms with Crippen LogP contribution in [0.5, 0.6) is 0 Å². The highest BCUT2D eigenvalue weighted by Gasteiger charge is 2.15. The fourth-order valence-corrected chi connectivity index (χ4v) is 3.31. The predicted molar refractivity (Wildman–Crippen MR) is 119 cm³/mol. The van der Waals surface area contributed by atoms with Gasteiger partial charge in [-0.05, 0) is 62.4 Å². The molecule has 0 saturated carbocycles. The van der Waals surface area contributed by atoms with Gasteiger partial charge in [-0.3, -0.25) is 9.69 Å². The van der Waals surface area contributed by atoms with Gasteiger partial charge in [0.1, 0.15) is 0 Å². The topological polar surface area (TPSA) is 58.4 Å². The first-order valence-corrected chi connectivity index (χ1v) is 9.94. The van der Waals surface area contributed by atoms with Crippen molar-refractivity contribution in [3.8, 4) is 0 Å². The second-order valence-corrected chi connectivity index (χ2v) is 7.50. The van der Waals surface area contributed by atoms with E-state index in [1.165, 1.54) is 37.1 Å². The van der Waals surface area contributed by atoms with Gasteiger partial charge in [0.05, 0.1) is 0 Å². The van der Waals surface area contributed by atoms with Crippen LogP contribution in [0.1, 0.15) is 63.0 Å². The van der Waals surface area contributed by atoms with E-state index in [1.54, 1.807) is 0 Å². The Hall–Kier alpha value is -0.810. The molecule has 1 aromatic carbocycles. The van der Waals surface area contributed by atoms with Gasteiger partial charge >= 0.3 is 0 Å². The van der Waals surface area contributed by atoms with Crippen LogP contribution in [0.3, 0.4) is 0 Å². The Bertz CT molecular complexity index is 503. The molecule has 3 N–H and O–H groups in total. The third-order valence-corrected chi connectivity index (χ3v) is 5.15. The monoisotopic (exact) mass is 417 g/mol. The molecule has 0 spiro atoms. The van der Waals surface area contributed by atoms with Gasteiger partial charge in [-0.25, -0.2) is 0 Å². The second-order valence-electron chi connectivity index (χ2n) is 7.50. The Kier molecular flexibility index (Phi) is 14.7. The Balaban J connectivity index is 0.00000338. The molecule has 0 bridgehead atoms. The summed E-state index contributed by atoms with van der Waals surface area (Å²) < 4.78 is 0. The molecule has 1 saturated heterocycles. The lowest BCUT2D eigenvalue weighted by atomic mass is 9.99. The average molecular weight is 418 g/mol. The number of likely N-dealkylation sites (tertiary alicyclic amines) is 1. The van der Waals surface area contributed by atoms with Crippen molar-refractivity contribution in [1.29, 1.82) is 0 Å². The molecule has 1 fully saturated rings. The molecule has 4 nitrogen and oxygen atoms in total. The van der Waals surface area contributed by atoms with Crippen LogP contribution in [-0.2, 0) is 17.9 Å². The summed E-state index contributed by atoms with van der Waals surface area (Å²) in [6, 6.07) is 8.69. The maximum absolute atomic E-state index is 11.9. The largest absolute Gasteiger partial charge is 0.352 e. The van der Waals surface area contributed by atoms with E-state index in [2.05, 4.69) is 41.4 Å². The first kappa shape index (κ1) is 26.2. The van der Waals surface area contributed by atoms with E-state index < -0.39 is 0 Å². The zero-order valence-corrected chi connectivity index (χ0v) is 18.3. The normalized spacial score (nSPS) is 14.9. The molecule has 1 heterocycles. The van der Waals surface area contributed by atoms with Crippen molar-refractivity contribution < 1.29 is 4.79 Å². The number of nitrogens with two attached hydrogens (primary N) is 1. The number of hydrogen-bond donors (Lipinski definition) is 2. The summed E-state index contributed by atoms with van der Waals surface area (Å²) in [6.07, 6.45) is 7.49. The molecular weight excluding hydrogens is 381 g/mol. The van der Waals surface area contributed by atoms with Crippen molar-refractivity contribution in [3.63, 3.8) is 0 Å². The number of benzene rings is 1. The van der Waals surface area contributed by atoms with Crippen molar-refractivity contribution >= 4 is 30.7 Å². The number of piperidine rings is 1. The average Bonchev–Trinajstić information content (AvgIpc) is 2.63. The number of carbonyl (C=O) groups excluding carboxylic acids is 1. The van der Waals surface area contributed by atoms with Crippen molar-refractivity contribution in [1.82, 2.24) is 10.2 Å². The number of halogens is 2. The first-order valence-electron chi connectivity index (χ1n) is 9.94. The smallest absolute Gasteiger partial charge is 0.220 e. The van der Waals surface area contributed by atoms with E-state index in [9.17, 15) is 4.79 Å². The number of nitrogens with zero attached hydrogens (tertiary/aromatic N) is 1. The molecule has 1 aliphatic heterocycles. The van der Waals surface area contributed by atoms with E-state index in [-0.39, 0.29) is 30.7 Å². The third kappa shape index (κ3) is 10.9. The minimum absolute atomic E-state index is 0. The van der Waals surface area contributed by atoms with Gasteiger partial charge < -0.3 is 11.1 Å². The van der Waals surface area contributed by atoms with Crippen molar-refractivity contribution in [3.05, 3.63) is 35.4 Å². The van der Waals surface area contributed by atoms with E-state index in [0.29, 0.717) is 13.0 Å². The molecule has 0 radical (unpaired) electrons. The number of nitrogens with one attached hydrogen (secondary N) is 1. The van der Waals surface area contributed by atoms with Crippen molar-refractivity contribution in [2.75, 3.05) is 19.6 Å². The van der Waals surface area contributed by atoms with E-state index >= 15 is 0 Å². The van der Waals surface area contributed by atoms with Crippen LogP contribution >= 0.6 is 24.8 Å². The number of unbranched alkanes of at least 4 members (excludes halogenated alkanes) is 3. The van der Waals surface area contributed by atoms with Gasteiger partial charge in [0.2, 0.25) is 5.91 Å². The van der Waals surface area contributed by atoms with Crippen LogP contribution in [0.15, 0.2) is 24.3 Å². The first-order chi connectivity index (χ1) is 12.2. The number of rotatable bonds is 10. The van der Waals surface area contributed by atoms with Crippen LogP contribution in [-0.4, -0.2) is 30.4 Å². The summed E-state index contributed by atoms with van der Waals surface area (Å²) in [6.45, 7) is 7.19. The molecule has 0 atom stereocenters. The molecule has 0 unspecified atom stereocenters. The maximum Gasteiger partial charge on any atom is 0.220 e. The molecule has 1 amide bonds. The van der Waals surface area contributed by atoms with Crippen molar-refractivity contribution in [2.24, 2.45) is 11.7 Å². The number of amides is 1. The highest BCUT2D eigenvalue weighted by atomic mass is 35.5. The SMILES string of the molecule is CC1CCN(Cc2ccc(CNC(=O)CCCCCCN)cc2)CC1.Cl.Cl. The molecule has 0 aliphatic carbocycles. The van der Waals surface area contributed by atoms with Gasteiger partial charge in [-0.2, -0.15) is 0 Å². The van der Waals surface area contributed by atoms with Crippen LogP contribution in [0.4, 0.5) is 0 Å². The summed E-state index contributed by atoms with van der Waals surface area (Å²) in [5, 5.41) is 3.02. The van der Waals surface area contributed by atoms with Crippen LogP contribution in [0, 0.1) is 5.92 Å². The minimum atomic E-state index is 0. The second kappa shape index (κ2) is 15.2. The van der Waals surface area contributed by atoms with Gasteiger partial charge in [0.25, 0.3) is 0 Å². The fourth-order valence-electron chi connectivity index (χ4n) is 3.31. The summed E-state index contributed by atoms with van der Waals surface area (Å²) in [5.41, 5.74) is 8.01. The maximum atomic E-state index is 11.9. The predicted octanol–water partition coefficient (Wildman–Crippen LogP) is 4.29. The van der Waals surface area contributed by atoms with Gasteiger partial charge in [0.15, 0.2) is 0 Å². The van der Waals surface area contributed by atoms with Gasteiger partial charge in [-0.1, -0.05) is 44.0 Å². The number of hydrogen-bond acceptors (Lipinski definition) is 3. The quantitative estimate of drug-likeness (QED) is 0.558. The molecule has 156 valence electrons. The zero-order valence-electron chi connectivity index (χ0n) is 16.6. The van der Waals surface area contributed by atoms with Gasteiger partial charge in [0, 0.05) is 19.5 Å². The van der Waals surface area contributed by atoms with E-state index in [4.69, 9.17) is 5.73 Å². The zero-order chi connectivity index (χ0) is 17.9. The Morgan fingerprint density at radius 1 is 1.04 bits per heavy atom. The van der Waals surface area contributed by atoms with E-state index in [1.807, 2.05) is 0 Å². The summed E-state index contributed by atoms with van der Waals surface area (Å²) in [5.74, 6) is 1.03. The minimum Gasteiger partial charge on any atom is -0.352 e. The Morgan fingerprint density at radius 2 is 1.63 bits per heavy atom. The molecule has 0 aromatic heterocycles. The van der Waals surface area contributed by atoms with Gasteiger partial charge in [-0.15, -0.1) is 24.8 Å². The van der Waals surface area contributed by atoms with Crippen LogP contribution < -0.4 is 11.1 Å². The standard InChI is InChI=1S/C21H35N3O.2ClH/c1-18-11-14-24(15-12-18)17-20-9-7-19(8-10-20)16-23-21(25)6-4-2-3-5-13-22;;/h7-10,18H,2-6,11-17,22H2,1H3,(H,23,25);2*1H. The third-order valence-electron chi connectivity index (χ3n) is 5.15. The molecule has 2 rings (SSSR count). The molecule has 6 heteroatoms. The Labute approximate surface area is 177 Å². The van der Waals surface area contributed by atoms with Crippen LogP contribution in [0.2, 0.25) is 0 Å². The Morgan fingerprint density at radius 3 is 2.26 bits per heavy atom. The lowest BCUT2D eigenvalue weighted by Crippen LogP contribution is -2.32. The van der Waals surface area contributed by atoms with Crippen molar-refractivity contribution in [2.45, 2.75) is 65.0 Å². The number of carbonyl (C=O) groups is 1. The van der Waals surface area contributed by atoms with Crippen LogP contribution in [0.25, 0.3) is 0 Å². The molecular formula is C21H37Cl2N3O. The summed E-state index contributed by atoms with van der Waals surface area (Å²) >= 11 is 0. The van der Waals surface area contributed by atoms with E-state index in [0.717, 1.165) is 44.7 Å². The highest BCUT2D eigenvalue weighted by Crippen LogP contribution is 2.18. The highest BCUT2D eigenvalue weighted by molar-refractivity contribution is 5.85. The molecule has 1 aliphatic rings. The summed E-state index contributed by atoms with van der Waals surface area (Å²) in [7, 11) is 0. The lowest BCUT2D eigenvalue weighted by Gasteiger charge is -2.30. The molecule has 27 heavy (non-hydrogen) atoms. The molecule has 1 aromatic rings. The lowest BCUT2D eigenvalue weighted by molar-refractivity contribution is -0.121. The fraction of sp³-hybridized carbons (Fsp3) is 0.667. The summed E-state index contributed by atoms with van der Waals surface area (Å²) in [4.78, 5) is 14.4.